The lowest BCUT2D eigenvalue weighted by atomic mass is 10.2. The first kappa shape index (κ1) is 14.3. The van der Waals surface area contributed by atoms with Crippen LogP contribution in [0.3, 0.4) is 0 Å². The summed E-state index contributed by atoms with van der Waals surface area (Å²) in [6, 6.07) is 9.64. The van der Waals surface area contributed by atoms with E-state index in [2.05, 4.69) is 10.3 Å². The zero-order valence-electron chi connectivity index (χ0n) is 11.3. The van der Waals surface area contributed by atoms with Gasteiger partial charge < -0.3 is 10.4 Å². The highest BCUT2D eigenvalue weighted by atomic mass is 16.2. The summed E-state index contributed by atoms with van der Waals surface area (Å²) >= 11 is 0. The monoisotopic (exact) mass is 273 g/mol. The molecule has 0 aliphatic heterocycles. The standard InChI is InChI=1S/C15H19N3O2/c19-10-6-2-5-9-17-15(20)14-11-16-12-18(14)13-7-3-1-4-8-13/h1,3-4,7-8,11-12,19H,2,5-6,9-10H2,(H,17,20). The maximum absolute atomic E-state index is 12.1. The van der Waals surface area contributed by atoms with Gasteiger partial charge in [0.2, 0.25) is 0 Å². The van der Waals surface area contributed by atoms with Crippen molar-refractivity contribution >= 4 is 5.91 Å². The van der Waals surface area contributed by atoms with Crippen molar-refractivity contribution in [3.05, 3.63) is 48.5 Å². The second kappa shape index (κ2) is 7.45. The fourth-order valence-electron chi connectivity index (χ4n) is 1.96. The van der Waals surface area contributed by atoms with Crippen molar-refractivity contribution in [3.8, 4) is 5.69 Å². The number of para-hydroxylation sites is 1. The first-order chi connectivity index (χ1) is 9.83. The molecule has 2 rings (SSSR count). The second-order valence-corrected chi connectivity index (χ2v) is 4.52. The molecule has 0 aliphatic rings. The first-order valence-electron chi connectivity index (χ1n) is 6.80. The molecule has 0 atom stereocenters. The number of unbranched alkanes of at least 4 members (excludes halogenated alkanes) is 2. The summed E-state index contributed by atoms with van der Waals surface area (Å²) < 4.78 is 1.77. The molecule has 5 nitrogen and oxygen atoms in total. The smallest absolute Gasteiger partial charge is 0.269 e. The number of carbonyl (C=O) groups is 1. The molecule has 0 spiro atoms. The van der Waals surface area contributed by atoms with Gasteiger partial charge in [0.15, 0.2) is 0 Å². The summed E-state index contributed by atoms with van der Waals surface area (Å²) in [5.74, 6) is -0.129. The van der Waals surface area contributed by atoms with E-state index >= 15 is 0 Å². The van der Waals surface area contributed by atoms with E-state index in [1.165, 1.54) is 0 Å². The maximum atomic E-state index is 12.1. The Hall–Kier alpha value is -2.14. The number of aliphatic hydroxyl groups excluding tert-OH is 1. The van der Waals surface area contributed by atoms with E-state index < -0.39 is 0 Å². The van der Waals surface area contributed by atoms with Gasteiger partial charge in [-0.3, -0.25) is 9.36 Å². The Morgan fingerprint density at radius 2 is 2.00 bits per heavy atom. The van der Waals surface area contributed by atoms with Crippen molar-refractivity contribution in [1.29, 1.82) is 0 Å². The van der Waals surface area contributed by atoms with Gasteiger partial charge in [-0.15, -0.1) is 0 Å². The summed E-state index contributed by atoms with van der Waals surface area (Å²) in [6.07, 6.45) is 5.75. The van der Waals surface area contributed by atoms with Crippen molar-refractivity contribution < 1.29 is 9.90 Å². The number of nitrogens with zero attached hydrogens (tertiary/aromatic N) is 2. The number of aliphatic hydroxyl groups is 1. The number of benzene rings is 1. The van der Waals surface area contributed by atoms with Crippen molar-refractivity contribution in [1.82, 2.24) is 14.9 Å². The van der Waals surface area contributed by atoms with Crippen LogP contribution >= 0.6 is 0 Å². The molecule has 1 heterocycles. The van der Waals surface area contributed by atoms with Crippen molar-refractivity contribution in [2.75, 3.05) is 13.2 Å². The molecule has 0 saturated carbocycles. The van der Waals surface area contributed by atoms with Crippen LogP contribution in [0.4, 0.5) is 0 Å². The summed E-state index contributed by atoms with van der Waals surface area (Å²) in [5.41, 5.74) is 1.44. The van der Waals surface area contributed by atoms with Crippen LogP contribution in [0.15, 0.2) is 42.9 Å². The van der Waals surface area contributed by atoms with Crippen LogP contribution in [-0.4, -0.2) is 33.7 Å². The van der Waals surface area contributed by atoms with E-state index in [0.717, 1.165) is 24.9 Å². The Morgan fingerprint density at radius 3 is 2.75 bits per heavy atom. The molecule has 1 aromatic carbocycles. The molecule has 1 aromatic heterocycles. The minimum Gasteiger partial charge on any atom is -0.396 e. The predicted molar refractivity (Wildman–Crippen MR) is 76.8 cm³/mol. The van der Waals surface area contributed by atoms with E-state index in [9.17, 15) is 4.79 Å². The minimum absolute atomic E-state index is 0.129. The molecular formula is C15H19N3O2. The number of hydrogen-bond donors (Lipinski definition) is 2. The number of imidazole rings is 1. The lowest BCUT2D eigenvalue weighted by Crippen LogP contribution is -2.26. The average molecular weight is 273 g/mol. The third-order valence-corrected chi connectivity index (χ3v) is 3.03. The SMILES string of the molecule is O=C(NCCCCCO)c1cncn1-c1ccccc1. The number of nitrogens with one attached hydrogen (secondary N) is 1. The fourth-order valence-corrected chi connectivity index (χ4v) is 1.96. The minimum atomic E-state index is -0.129. The van der Waals surface area contributed by atoms with E-state index in [1.807, 2.05) is 30.3 Å². The van der Waals surface area contributed by atoms with Crippen molar-refractivity contribution in [2.24, 2.45) is 0 Å². The molecule has 0 radical (unpaired) electrons. The Labute approximate surface area is 118 Å². The zero-order chi connectivity index (χ0) is 14.2. The fraction of sp³-hybridized carbons (Fsp3) is 0.333. The van der Waals surface area contributed by atoms with Crippen LogP contribution in [0, 0.1) is 0 Å². The molecule has 0 unspecified atom stereocenters. The van der Waals surface area contributed by atoms with Gasteiger partial charge in [0.05, 0.1) is 12.5 Å². The number of carbonyl (C=O) groups excluding carboxylic acids is 1. The van der Waals surface area contributed by atoms with Crippen LogP contribution in [0.25, 0.3) is 5.69 Å². The summed E-state index contributed by atoms with van der Waals surface area (Å²) in [4.78, 5) is 16.2. The summed E-state index contributed by atoms with van der Waals surface area (Å²) in [5, 5.41) is 11.6. The Bertz CT molecular complexity index is 537. The average Bonchev–Trinajstić information content (AvgIpc) is 2.97. The van der Waals surface area contributed by atoms with Gasteiger partial charge in [-0.1, -0.05) is 18.2 Å². The van der Waals surface area contributed by atoms with Gasteiger partial charge in [0, 0.05) is 18.8 Å². The molecular weight excluding hydrogens is 254 g/mol. The maximum Gasteiger partial charge on any atom is 0.269 e. The molecule has 0 saturated heterocycles. The zero-order valence-corrected chi connectivity index (χ0v) is 11.3. The van der Waals surface area contributed by atoms with E-state index in [1.54, 1.807) is 17.1 Å². The quantitative estimate of drug-likeness (QED) is 0.755. The van der Waals surface area contributed by atoms with Gasteiger partial charge in [-0.25, -0.2) is 4.98 Å². The molecule has 0 aliphatic carbocycles. The molecule has 1 amide bonds. The van der Waals surface area contributed by atoms with Crippen LogP contribution < -0.4 is 5.32 Å². The molecule has 20 heavy (non-hydrogen) atoms. The number of hydrogen-bond acceptors (Lipinski definition) is 3. The highest BCUT2D eigenvalue weighted by Crippen LogP contribution is 2.10. The van der Waals surface area contributed by atoms with Gasteiger partial charge in [0.25, 0.3) is 5.91 Å². The molecule has 2 aromatic rings. The van der Waals surface area contributed by atoms with Crippen LogP contribution in [-0.2, 0) is 0 Å². The molecule has 2 N–H and O–H groups in total. The predicted octanol–water partition coefficient (Wildman–Crippen LogP) is 1.76. The number of aromatic nitrogens is 2. The van der Waals surface area contributed by atoms with Gasteiger partial charge in [-0.05, 0) is 31.4 Å². The van der Waals surface area contributed by atoms with E-state index in [-0.39, 0.29) is 12.5 Å². The first-order valence-corrected chi connectivity index (χ1v) is 6.80. The highest BCUT2D eigenvalue weighted by molar-refractivity contribution is 5.92. The highest BCUT2D eigenvalue weighted by Gasteiger charge is 2.11. The van der Waals surface area contributed by atoms with Crippen LogP contribution in [0.2, 0.25) is 0 Å². The van der Waals surface area contributed by atoms with Crippen molar-refractivity contribution in [2.45, 2.75) is 19.3 Å². The number of rotatable bonds is 7. The summed E-state index contributed by atoms with van der Waals surface area (Å²) in [7, 11) is 0. The summed E-state index contributed by atoms with van der Waals surface area (Å²) in [6.45, 7) is 0.813. The third kappa shape index (κ3) is 3.68. The van der Waals surface area contributed by atoms with Gasteiger partial charge in [-0.2, -0.15) is 0 Å². The van der Waals surface area contributed by atoms with E-state index in [4.69, 9.17) is 5.11 Å². The Balaban J connectivity index is 1.96. The molecule has 0 fully saturated rings. The topological polar surface area (TPSA) is 67.2 Å². The molecule has 0 bridgehead atoms. The van der Waals surface area contributed by atoms with E-state index in [0.29, 0.717) is 12.2 Å². The lowest BCUT2D eigenvalue weighted by Gasteiger charge is -2.08. The number of amides is 1. The lowest BCUT2D eigenvalue weighted by molar-refractivity contribution is 0.0946. The molecule has 5 heteroatoms. The van der Waals surface area contributed by atoms with Crippen molar-refractivity contribution in [3.63, 3.8) is 0 Å². The Kier molecular flexibility index (Phi) is 5.32. The van der Waals surface area contributed by atoms with Crippen LogP contribution in [0.1, 0.15) is 29.8 Å². The molecule has 106 valence electrons. The van der Waals surface area contributed by atoms with Gasteiger partial charge >= 0.3 is 0 Å². The van der Waals surface area contributed by atoms with Crippen LogP contribution in [0.5, 0.6) is 0 Å². The Morgan fingerprint density at radius 1 is 1.20 bits per heavy atom. The van der Waals surface area contributed by atoms with Gasteiger partial charge in [0.1, 0.15) is 5.69 Å². The third-order valence-electron chi connectivity index (χ3n) is 3.03. The second-order valence-electron chi connectivity index (χ2n) is 4.52. The normalized spacial score (nSPS) is 10.4. The largest absolute Gasteiger partial charge is 0.396 e.